The first-order chi connectivity index (χ1) is 12.0. The summed E-state index contributed by atoms with van der Waals surface area (Å²) in [5, 5.41) is 9.39. The minimum Gasteiger partial charge on any atom is -0.496 e. The summed E-state index contributed by atoms with van der Waals surface area (Å²) in [5.41, 5.74) is 1.08. The lowest BCUT2D eigenvalue weighted by atomic mass is 9.79. The quantitative estimate of drug-likeness (QED) is 0.851. The molecule has 6 heteroatoms. The molecular weight excluding hydrogens is 322 g/mol. The van der Waals surface area contributed by atoms with Crippen LogP contribution in [0.3, 0.4) is 0 Å². The van der Waals surface area contributed by atoms with Crippen molar-refractivity contribution in [1.29, 1.82) is 0 Å². The number of benzene rings is 1. The van der Waals surface area contributed by atoms with Gasteiger partial charge in [-0.25, -0.2) is 4.79 Å². The summed E-state index contributed by atoms with van der Waals surface area (Å²) in [4.78, 5) is 13.9. The van der Waals surface area contributed by atoms with E-state index in [1.807, 2.05) is 6.07 Å². The van der Waals surface area contributed by atoms with Crippen molar-refractivity contribution in [1.82, 2.24) is 4.90 Å². The van der Waals surface area contributed by atoms with Gasteiger partial charge in [-0.2, -0.15) is 0 Å². The smallest absolute Gasteiger partial charge is 0.339 e. The van der Waals surface area contributed by atoms with Crippen molar-refractivity contribution in [2.75, 3.05) is 27.9 Å². The molecule has 1 saturated carbocycles. The molecule has 1 aliphatic carbocycles. The van der Waals surface area contributed by atoms with Crippen molar-refractivity contribution < 1.29 is 24.1 Å². The van der Waals surface area contributed by atoms with E-state index in [-0.39, 0.29) is 17.3 Å². The van der Waals surface area contributed by atoms with Gasteiger partial charge < -0.3 is 19.3 Å². The second-order valence-electron chi connectivity index (χ2n) is 6.98. The third-order valence-corrected chi connectivity index (χ3v) is 5.87. The first kappa shape index (κ1) is 18.2. The summed E-state index contributed by atoms with van der Waals surface area (Å²) in [6, 6.07) is 5.68. The first-order valence-corrected chi connectivity index (χ1v) is 8.75. The van der Waals surface area contributed by atoms with Crippen LogP contribution < -0.4 is 4.74 Å². The second-order valence-corrected chi connectivity index (χ2v) is 6.98. The molecule has 0 bridgehead atoms. The molecule has 1 N–H and O–H groups in total. The molecule has 1 aliphatic heterocycles. The maximum absolute atomic E-state index is 11.4. The van der Waals surface area contributed by atoms with Crippen LogP contribution in [0.15, 0.2) is 18.2 Å². The number of nitrogens with zero attached hydrogens (tertiary/aromatic N) is 1. The van der Waals surface area contributed by atoms with E-state index in [4.69, 9.17) is 14.2 Å². The number of methoxy groups -OCH3 is 3. The summed E-state index contributed by atoms with van der Waals surface area (Å²) in [5.74, 6) is -0.579. The number of carbonyl (C=O) groups is 1. The van der Waals surface area contributed by atoms with E-state index in [9.17, 15) is 9.90 Å². The Kier molecular flexibility index (Phi) is 5.32. The van der Waals surface area contributed by atoms with Crippen LogP contribution in [0.4, 0.5) is 0 Å². The molecule has 0 aromatic heterocycles. The standard InChI is InChI=1S/C19H27NO5/c1-23-14-6-7-19(25-3)8-9-20(17(19)11-14)12-13-4-5-16(24-2)15(10-13)18(21)22/h4-5,10,14,17H,6-9,11-12H2,1-3H3,(H,21,22)/t14-,17+,19-/m1/s1. The van der Waals surface area contributed by atoms with E-state index < -0.39 is 5.97 Å². The van der Waals surface area contributed by atoms with E-state index in [0.29, 0.717) is 18.3 Å². The molecule has 138 valence electrons. The van der Waals surface area contributed by atoms with Gasteiger partial charge in [0.25, 0.3) is 0 Å². The van der Waals surface area contributed by atoms with Crippen molar-refractivity contribution in [2.24, 2.45) is 0 Å². The number of aromatic carboxylic acids is 1. The molecule has 2 fully saturated rings. The number of likely N-dealkylation sites (tertiary alicyclic amines) is 1. The van der Waals surface area contributed by atoms with Crippen LogP contribution in [-0.4, -0.2) is 61.6 Å². The molecule has 0 radical (unpaired) electrons. The maximum atomic E-state index is 11.4. The van der Waals surface area contributed by atoms with Crippen molar-refractivity contribution in [3.05, 3.63) is 29.3 Å². The molecule has 1 aromatic rings. The van der Waals surface area contributed by atoms with Gasteiger partial charge in [-0.15, -0.1) is 0 Å². The number of ether oxygens (including phenoxy) is 3. The predicted molar refractivity (Wildman–Crippen MR) is 93.2 cm³/mol. The Morgan fingerprint density at radius 1 is 1.32 bits per heavy atom. The highest BCUT2D eigenvalue weighted by Gasteiger charge is 2.50. The largest absolute Gasteiger partial charge is 0.496 e. The molecule has 3 rings (SSSR count). The highest BCUT2D eigenvalue weighted by atomic mass is 16.5. The number of hydrogen-bond donors (Lipinski definition) is 1. The van der Waals surface area contributed by atoms with Crippen LogP contribution in [0.5, 0.6) is 5.75 Å². The molecule has 0 amide bonds. The Morgan fingerprint density at radius 2 is 2.12 bits per heavy atom. The molecule has 0 spiro atoms. The summed E-state index contributed by atoms with van der Waals surface area (Å²) < 4.78 is 16.7. The maximum Gasteiger partial charge on any atom is 0.339 e. The van der Waals surface area contributed by atoms with Crippen molar-refractivity contribution in [3.8, 4) is 5.75 Å². The molecule has 1 saturated heterocycles. The van der Waals surface area contributed by atoms with E-state index in [0.717, 1.165) is 37.8 Å². The lowest BCUT2D eigenvalue weighted by molar-refractivity contribution is -0.0947. The Labute approximate surface area is 148 Å². The van der Waals surface area contributed by atoms with Gasteiger partial charge in [0, 0.05) is 33.4 Å². The van der Waals surface area contributed by atoms with Crippen LogP contribution in [0.2, 0.25) is 0 Å². The number of hydrogen-bond acceptors (Lipinski definition) is 5. The summed E-state index contributed by atoms with van der Waals surface area (Å²) >= 11 is 0. The lowest BCUT2D eigenvalue weighted by Crippen LogP contribution is -2.51. The molecule has 25 heavy (non-hydrogen) atoms. The molecule has 1 aromatic carbocycles. The summed E-state index contributed by atoms with van der Waals surface area (Å²) in [6.07, 6.45) is 4.25. The lowest BCUT2D eigenvalue weighted by Gasteiger charge is -2.43. The van der Waals surface area contributed by atoms with Gasteiger partial charge in [0.05, 0.1) is 18.8 Å². The molecule has 2 aliphatic rings. The molecule has 3 atom stereocenters. The normalized spacial score (nSPS) is 29.4. The van der Waals surface area contributed by atoms with E-state index >= 15 is 0 Å². The summed E-state index contributed by atoms with van der Waals surface area (Å²) in [7, 11) is 5.06. The van der Waals surface area contributed by atoms with Crippen LogP contribution in [0, 0.1) is 0 Å². The topological polar surface area (TPSA) is 68.2 Å². The third kappa shape index (κ3) is 3.38. The minimum absolute atomic E-state index is 0.100. The van der Waals surface area contributed by atoms with Crippen molar-refractivity contribution >= 4 is 5.97 Å². The molecular formula is C19H27NO5. The van der Waals surface area contributed by atoms with E-state index in [2.05, 4.69) is 4.90 Å². The Hall–Kier alpha value is -1.63. The predicted octanol–water partition coefficient (Wildman–Crippen LogP) is 2.55. The second kappa shape index (κ2) is 7.32. The van der Waals surface area contributed by atoms with Gasteiger partial charge in [-0.05, 0) is 43.4 Å². The zero-order chi connectivity index (χ0) is 18.0. The van der Waals surface area contributed by atoms with Crippen molar-refractivity contribution in [3.63, 3.8) is 0 Å². The molecule has 1 heterocycles. The Balaban J connectivity index is 1.81. The van der Waals surface area contributed by atoms with Crippen LogP contribution >= 0.6 is 0 Å². The third-order valence-electron chi connectivity index (χ3n) is 5.87. The van der Waals surface area contributed by atoms with Crippen LogP contribution in [-0.2, 0) is 16.0 Å². The zero-order valence-corrected chi connectivity index (χ0v) is 15.2. The SMILES string of the molecule is COc1ccc(CN2CC[C@]3(OC)CC[C@@H](OC)C[C@H]23)cc1C(=O)O. The van der Waals surface area contributed by atoms with Crippen LogP contribution in [0.25, 0.3) is 0 Å². The van der Waals surface area contributed by atoms with Gasteiger partial charge in [0.1, 0.15) is 11.3 Å². The van der Waals surface area contributed by atoms with Gasteiger partial charge in [-0.1, -0.05) is 6.07 Å². The first-order valence-electron chi connectivity index (χ1n) is 8.75. The van der Waals surface area contributed by atoms with Crippen LogP contribution in [0.1, 0.15) is 41.6 Å². The minimum atomic E-state index is -0.969. The fourth-order valence-electron chi connectivity index (χ4n) is 4.41. The number of carboxylic acids is 1. The average molecular weight is 349 g/mol. The highest BCUT2D eigenvalue weighted by molar-refractivity contribution is 5.91. The zero-order valence-electron chi connectivity index (χ0n) is 15.2. The Bertz CT molecular complexity index is 634. The number of carboxylic acid groups (broad SMARTS) is 1. The van der Waals surface area contributed by atoms with Gasteiger partial charge in [-0.3, -0.25) is 4.90 Å². The van der Waals surface area contributed by atoms with Crippen molar-refractivity contribution in [2.45, 2.75) is 50.0 Å². The van der Waals surface area contributed by atoms with Gasteiger partial charge >= 0.3 is 5.97 Å². The average Bonchev–Trinajstić information content (AvgIpc) is 2.99. The molecule has 0 unspecified atom stereocenters. The summed E-state index contributed by atoms with van der Waals surface area (Å²) in [6.45, 7) is 1.65. The Morgan fingerprint density at radius 3 is 2.76 bits per heavy atom. The van der Waals surface area contributed by atoms with Gasteiger partial charge in [0.2, 0.25) is 0 Å². The monoisotopic (exact) mass is 349 g/mol. The number of rotatable bonds is 6. The fourth-order valence-corrected chi connectivity index (χ4v) is 4.41. The van der Waals surface area contributed by atoms with Gasteiger partial charge in [0.15, 0.2) is 0 Å². The molecule has 6 nitrogen and oxygen atoms in total. The van der Waals surface area contributed by atoms with E-state index in [1.165, 1.54) is 7.11 Å². The van der Waals surface area contributed by atoms with E-state index in [1.54, 1.807) is 26.4 Å². The fraction of sp³-hybridized carbons (Fsp3) is 0.632. The number of fused-ring (bicyclic) bond motifs is 1. The highest BCUT2D eigenvalue weighted by Crippen LogP contribution is 2.43.